The molecule has 0 radical (unpaired) electrons. The number of benzene rings is 1. The normalized spacial score (nSPS) is 10.1. The van der Waals surface area contributed by atoms with Crippen LogP contribution >= 0.6 is 35.4 Å². The van der Waals surface area contributed by atoms with Crippen molar-refractivity contribution in [3.8, 4) is 11.6 Å². The number of hydrogen-bond donors (Lipinski definition) is 2. The zero-order valence-electron chi connectivity index (χ0n) is 13.5. The summed E-state index contributed by atoms with van der Waals surface area (Å²) < 4.78 is 10.2. The number of aryl methyl sites for hydroxylation is 1. The van der Waals surface area contributed by atoms with Crippen LogP contribution in [0.15, 0.2) is 18.2 Å². The zero-order chi connectivity index (χ0) is 18.6. The standard InChI is InChI=1S/C15H14Cl2N4O3S/c1-7-6-10(23-2)19-14(18-7)21-15(25)20-13(22)11-8(16)4-5-9(17)12(11)24-3/h4-6H,1-3H3,(H2,18,19,20,21,22,25). The average molecular weight is 401 g/mol. The predicted octanol–water partition coefficient (Wildman–Crippen LogP) is 3.24. The van der Waals surface area contributed by atoms with Gasteiger partial charge >= 0.3 is 0 Å². The first-order valence-electron chi connectivity index (χ1n) is 6.89. The third-order valence-electron chi connectivity index (χ3n) is 2.98. The molecule has 1 heterocycles. The fourth-order valence-corrected chi connectivity index (χ4v) is 2.60. The molecular formula is C15H14Cl2N4O3S. The second-order valence-corrected chi connectivity index (χ2v) is 5.94. The molecule has 0 atom stereocenters. The Morgan fingerprint density at radius 3 is 2.48 bits per heavy atom. The van der Waals surface area contributed by atoms with Gasteiger partial charge in [-0.25, -0.2) is 4.98 Å². The van der Waals surface area contributed by atoms with E-state index in [2.05, 4.69) is 20.6 Å². The lowest BCUT2D eigenvalue weighted by Crippen LogP contribution is -2.35. The number of carbonyl (C=O) groups excluding carboxylic acids is 1. The van der Waals surface area contributed by atoms with Gasteiger partial charge in [0, 0.05) is 11.8 Å². The maximum atomic E-state index is 12.5. The van der Waals surface area contributed by atoms with Gasteiger partial charge in [-0.05, 0) is 31.3 Å². The van der Waals surface area contributed by atoms with Crippen LogP contribution in [0, 0.1) is 6.92 Å². The topological polar surface area (TPSA) is 85.4 Å². The monoisotopic (exact) mass is 400 g/mol. The van der Waals surface area contributed by atoms with Gasteiger partial charge in [0.1, 0.15) is 5.56 Å². The van der Waals surface area contributed by atoms with Crippen molar-refractivity contribution in [1.29, 1.82) is 0 Å². The lowest BCUT2D eigenvalue weighted by molar-refractivity contribution is 0.0975. The van der Waals surface area contributed by atoms with Crippen molar-refractivity contribution in [1.82, 2.24) is 15.3 Å². The van der Waals surface area contributed by atoms with Crippen LogP contribution in [0.5, 0.6) is 11.6 Å². The highest BCUT2D eigenvalue weighted by atomic mass is 35.5. The van der Waals surface area contributed by atoms with E-state index in [0.717, 1.165) is 0 Å². The molecule has 0 aliphatic heterocycles. The van der Waals surface area contributed by atoms with E-state index in [4.69, 9.17) is 44.9 Å². The highest BCUT2D eigenvalue weighted by molar-refractivity contribution is 7.80. The highest BCUT2D eigenvalue weighted by Crippen LogP contribution is 2.33. The summed E-state index contributed by atoms with van der Waals surface area (Å²) in [6.45, 7) is 1.77. The molecule has 2 aromatic rings. The Kier molecular flexibility index (Phi) is 6.35. The fraction of sp³-hybridized carbons (Fsp3) is 0.200. The van der Waals surface area contributed by atoms with Crippen LogP contribution in [0.3, 0.4) is 0 Å². The van der Waals surface area contributed by atoms with Crippen LogP contribution < -0.4 is 20.1 Å². The summed E-state index contributed by atoms with van der Waals surface area (Å²) in [5.41, 5.74) is 0.742. The van der Waals surface area contributed by atoms with Gasteiger partial charge in [-0.3, -0.25) is 10.1 Å². The van der Waals surface area contributed by atoms with E-state index in [0.29, 0.717) is 11.6 Å². The third-order valence-corrected chi connectivity index (χ3v) is 3.80. The molecule has 7 nitrogen and oxygen atoms in total. The number of rotatable bonds is 4. The minimum absolute atomic E-state index is 0.0178. The zero-order valence-corrected chi connectivity index (χ0v) is 15.8. The second kappa shape index (κ2) is 8.28. The van der Waals surface area contributed by atoms with Crippen LogP contribution in [-0.2, 0) is 0 Å². The molecule has 0 spiro atoms. The van der Waals surface area contributed by atoms with Gasteiger partial charge < -0.3 is 14.8 Å². The maximum Gasteiger partial charge on any atom is 0.262 e. The molecule has 132 valence electrons. The van der Waals surface area contributed by atoms with Gasteiger partial charge in [-0.1, -0.05) is 23.2 Å². The minimum atomic E-state index is -0.582. The van der Waals surface area contributed by atoms with Crippen LogP contribution in [0.2, 0.25) is 10.0 Å². The summed E-state index contributed by atoms with van der Waals surface area (Å²) in [6.07, 6.45) is 0. The molecule has 1 aromatic heterocycles. The van der Waals surface area contributed by atoms with Crippen LogP contribution in [-0.4, -0.2) is 35.2 Å². The van der Waals surface area contributed by atoms with Gasteiger partial charge in [-0.15, -0.1) is 0 Å². The summed E-state index contributed by atoms with van der Waals surface area (Å²) in [6, 6.07) is 4.68. The maximum absolute atomic E-state index is 12.5. The molecule has 0 aliphatic carbocycles. The Labute approximate surface area is 159 Å². The van der Waals surface area contributed by atoms with Crippen molar-refractivity contribution in [2.75, 3.05) is 19.5 Å². The summed E-state index contributed by atoms with van der Waals surface area (Å²) in [4.78, 5) is 20.7. The van der Waals surface area contributed by atoms with Crippen molar-refractivity contribution in [3.05, 3.63) is 39.5 Å². The number of thiocarbonyl (C=S) groups is 1. The molecule has 10 heteroatoms. The van der Waals surface area contributed by atoms with Crippen LogP contribution in [0.1, 0.15) is 16.1 Å². The molecular weight excluding hydrogens is 387 g/mol. The summed E-state index contributed by atoms with van der Waals surface area (Å²) in [5, 5.41) is 5.60. The van der Waals surface area contributed by atoms with Crippen LogP contribution in [0.25, 0.3) is 0 Å². The number of hydrogen-bond acceptors (Lipinski definition) is 6. The quantitative estimate of drug-likeness (QED) is 0.761. The first kappa shape index (κ1) is 19.2. The molecule has 0 aliphatic rings. The third kappa shape index (κ3) is 4.68. The first-order valence-corrected chi connectivity index (χ1v) is 8.06. The number of halogens is 2. The van der Waals surface area contributed by atoms with Crippen molar-refractivity contribution >= 4 is 52.4 Å². The minimum Gasteiger partial charge on any atom is -0.494 e. The Morgan fingerprint density at radius 2 is 1.84 bits per heavy atom. The molecule has 0 saturated heterocycles. The summed E-state index contributed by atoms with van der Waals surface area (Å²) >= 11 is 17.2. The lowest BCUT2D eigenvalue weighted by Gasteiger charge is -2.13. The number of methoxy groups -OCH3 is 2. The Morgan fingerprint density at radius 1 is 1.16 bits per heavy atom. The smallest absolute Gasteiger partial charge is 0.262 e. The van der Waals surface area contributed by atoms with Crippen molar-refractivity contribution in [2.45, 2.75) is 6.92 Å². The first-order chi connectivity index (χ1) is 11.8. The van der Waals surface area contributed by atoms with Crippen molar-refractivity contribution in [3.63, 3.8) is 0 Å². The van der Waals surface area contributed by atoms with E-state index in [-0.39, 0.29) is 32.4 Å². The number of ether oxygens (including phenoxy) is 2. The molecule has 2 N–H and O–H groups in total. The molecule has 2 rings (SSSR count). The van der Waals surface area contributed by atoms with Gasteiger partial charge in [0.25, 0.3) is 5.91 Å². The van der Waals surface area contributed by atoms with E-state index in [1.54, 1.807) is 13.0 Å². The van der Waals surface area contributed by atoms with Gasteiger partial charge in [0.2, 0.25) is 11.8 Å². The summed E-state index contributed by atoms with van der Waals surface area (Å²) in [7, 11) is 2.87. The largest absolute Gasteiger partial charge is 0.494 e. The van der Waals surface area contributed by atoms with E-state index in [9.17, 15) is 4.79 Å². The van der Waals surface area contributed by atoms with E-state index < -0.39 is 5.91 Å². The lowest BCUT2D eigenvalue weighted by atomic mass is 10.2. The van der Waals surface area contributed by atoms with Crippen molar-refractivity contribution in [2.24, 2.45) is 0 Å². The van der Waals surface area contributed by atoms with Crippen LogP contribution in [0.4, 0.5) is 5.95 Å². The number of nitrogens with zero attached hydrogens (tertiary/aromatic N) is 2. The number of anilines is 1. The molecule has 1 amide bonds. The van der Waals surface area contributed by atoms with E-state index in [1.165, 1.54) is 26.4 Å². The molecule has 25 heavy (non-hydrogen) atoms. The molecule has 0 bridgehead atoms. The Hall–Kier alpha value is -2.16. The fourth-order valence-electron chi connectivity index (χ4n) is 1.94. The number of aromatic nitrogens is 2. The SMILES string of the molecule is COc1cc(C)nc(NC(=S)NC(=O)c2c(Cl)ccc(Cl)c2OC)n1. The Balaban J connectivity index is 2.18. The number of nitrogens with one attached hydrogen (secondary N) is 2. The van der Waals surface area contributed by atoms with Gasteiger partial charge in [0.15, 0.2) is 10.9 Å². The Bertz CT molecular complexity index is 833. The number of carbonyl (C=O) groups is 1. The molecule has 1 aromatic carbocycles. The van der Waals surface area contributed by atoms with Gasteiger partial charge in [0.05, 0.1) is 24.3 Å². The van der Waals surface area contributed by atoms with E-state index >= 15 is 0 Å². The molecule has 0 fully saturated rings. The second-order valence-electron chi connectivity index (χ2n) is 4.72. The highest BCUT2D eigenvalue weighted by Gasteiger charge is 2.20. The van der Waals surface area contributed by atoms with Gasteiger partial charge in [-0.2, -0.15) is 4.98 Å². The molecule has 0 unspecified atom stereocenters. The predicted molar refractivity (Wildman–Crippen MR) is 100 cm³/mol. The molecule has 0 saturated carbocycles. The average Bonchev–Trinajstić information content (AvgIpc) is 2.55. The van der Waals surface area contributed by atoms with E-state index in [1.807, 2.05) is 0 Å². The number of amides is 1. The van der Waals surface area contributed by atoms with Crippen molar-refractivity contribution < 1.29 is 14.3 Å². The summed E-state index contributed by atoms with van der Waals surface area (Å²) in [5.74, 6) is 0.124.